The van der Waals surface area contributed by atoms with Gasteiger partial charge in [-0.2, -0.15) is 0 Å². The Hall–Kier alpha value is -9.68. The van der Waals surface area contributed by atoms with Crippen LogP contribution < -0.4 is 18.9 Å². The molecule has 0 fully saturated rings. The third kappa shape index (κ3) is 22.7. The van der Waals surface area contributed by atoms with Crippen LogP contribution in [0.2, 0.25) is 0 Å². The molecule has 2 aliphatic heterocycles. The second-order valence-electron chi connectivity index (χ2n) is 27.6. The SMILES string of the molecule is C.C.CC(C)c1ccc2[nH]ccc2c1.CC(C)c1ccc2c(c1)OCCO2.CC(C)c1ccc2c(c1)OCO2.CC(C)c1ccc2c(ccn2C)c1.CC(C)c1ccc2cc[nH]c2c1.CC(C)c1ccc2nc[nH]c2c1.CC(C)c1ccc2nccnc2c1.CCc1ccnc(C(C)C)c1. The van der Waals surface area contributed by atoms with E-state index in [1.165, 1.54) is 82.9 Å². The van der Waals surface area contributed by atoms with E-state index in [2.05, 4.69) is 304 Å². The molecule has 8 heterocycles. The van der Waals surface area contributed by atoms with Crippen molar-refractivity contribution in [2.75, 3.05) is 20.0 Å². The van der Waals surface area contributed by atoms with Gasteiger partial charge in [0, 0.05) is 66.5 Å². The maximum absolute atomic E-state index is 5.49. The van der Waals surface area contributed by atoms with Crippen LogP contribution in [0.4, 0.5) is 0 Å². The smallest absolute Gasteiger partial charge is 0.231 e. The van der Waals surface area contributed by atoms with Crippen LogP contribution in [-0.4, -0.2) is 59.5 Å². The summed E-state index contributed by atoms with van der Waals surface area (Å²) in [7, 11) is 2.08. The van der Waals surface area contributed by atoms with Gasteiger partial charge in [-0.1, -0.05) is 181 Å². The van der Waals surface area contributed by atoms with E-state index in [0.29, 0.717) is 67.3 Å². The molecule has 0 aliphatic carbocycles. The Morgan fingerprint density at radius 2 is 0.830 bits per heavy atom. The van der Waals surface area contributed by atoms with Crippen LogP contribution in [0.3, 0.4) is 0 Å². The fourth-order valence-corrected chi connectivity index (χ4v) is 10.9. The van der Waals surface area contributed by atoms with Gasteiger partial charge >= 0.3 is 0 Å². The molecule has 2 aliphatic rings. The number of nitrogens with one attached hydrogen (secondary N) is 3. The lowest BCUT2D eigenvalue weighted by molar-refractivity contribution is 0.171. The van der Waals surface area contributed by atoms with Crippen LogP contribution >= 0.6 is 0 Å². The molecule has 0 radical (unpaired) electrons. The van der Waals surface area contributed by atoms with Gasteiger partial charge in [-0.15, -0.1) is 0 Å². The van der Waals surface area contributed by atoms with Crippen molar-refractivity contribution in [3.05, 3.63) is 251 Å². The van der Waals surface area contributed by atoms with Gasteiger partial charge in [-0.25, -0.2) is 4.98 Å². The lowest BCUT2D eigenvalue weighted by Crippen LogP contribution is -2.15. The van der Waals surface area contributed by atoms with Crippen molar-refractivity contribution in [2.45, 2.75) is 186 Å². The molecule has 6 aromatic heterocycles. The Bertz CT molecular complexity index is 4380. The van der Waals surface area contributed by atoms with Gasteiger partial charge < -0.3 is 38.5 Å². The number of nitrogens with zero attached hydrogens (tertiary/aromatic N) is 5. The minimum absolute atomic E-state index is 0. The zero-order chi connectivity index (χ0) is 70.4. The molecular weight excluding hydrogens is 1230 g/mol. The first-order valence-corrected chi connectivity index (χ1v) is 35.1. The Balaban J connectivity index is 0.000000180. The summed E-state index contributed by atoms with van der Waals surface area (Å²) in [4.78, 5) is 26.4. The van der Waals surface area contributed by atoms with Crippen molar-refractivity contribution in [1.29, 1.82) is 0 Å². The normalized spacial score (nSPS) is 11.7. The Morgan fingerprint density at radius 3 is 1.44 bits per heavy atom. The number of pyridine rings is 1. The quantitative estimate of drug-likeness (QED) is 0.130. The summed E-state index contributed by atoms with van der Waals surface area (Å²) in [5.74, 6) is 8.08. The molecule has 7 aromatic carbocycles. The van der Waals surface area contributed by atoms with Crippen LogP contribution in [0.15, 0.2) is 201 Å². The lowest BCUT2D eigenvalue weighted by atomic mass is 10.0. The predicted octanol–water partition coefficient (Wildman–Crippen LogP) is 24.5. The lowest BCUT2D eigenvalue weighted by Gasteiger charge is -2.19. The van der Waals surface area contributed by atoms with Gasteiger partial charge in [-0.3, -0.25) is 15.0 Å². The molecule has 0 bridgehead atoms. The summed E-state index contributed by atoms with van der Waals surface area (Å²) in [5.41, 5.74) is 19.9. The average molecular weight is 1350 g/mol. The van der Waals surface area contributed by atoms with E-state index in [1.807, 2.05) is 42.9 Å². The summed E-state index contributed by atoms with van der Waals surface area (Å²) in [6, 6.07) is 55.3. The number of aromatic nitrogens is 8. The molecule has 3 N–H and O–H groups in total. The maximum atomic E-state index is 5.49. The molecule has 15 rings (SSSR count). The summed E-state index contributed by atoms with van der Waals surface area (Å²) in [6.07, 6.45) is 14.2. The molecule has 13 aromatic rings. The highest BCUT2D eigenvalue weighted by Gasteiger charge is 2.15. The van der Waals surface area contributed by atoms with E-state index in [1.54, 1.807) is 18.7 Å². The van der Waals surface area contributed by atoms with E-state index in [4.69, 9.17) is 18.9 Å². The number of benzene rings is 7. The highest BCUT2D eigenvalue weighted by Crippen LogP contribution is 2.35. The van der Waals surface area contributed by atoms with E-state index in [0.717, 1.165) is 51.5 Å². The van der Waals surface area contributed by atoms with Crippen molar-refractivity contribution in [3.8, 4) is 23.0 Å². The first kappa shape index (κ1) is 79.3. The molecule has 100 heavy (non-hydrogen) atoms. The largest absolute Gasteiger partial charge is 0.486 e. The Kier molecular flexibility index (Phi) is 30.6. The third-order valence-corrected chi connectivity index (χ3v) is 17.5. The molecule has 0 unspecified atom stereocenters. The van der Waals surface area contributed by atoms with Crippen LogP contribution in [0.25, 0.3) is 54.8 Å². The number of imidazole rings is 1. The minimum Gasteiger partial charge on any atom is -0.486 e. The van der Waals surface area contributed by atoms with Gasteiger partial charge in [0.15, 0.2) is 23.0 Å². The molecule has 0 spiro atoms. The Morgan fingerprint density at radius 1 is 0.360 bits per heavy atom. The molecule has 0 atom stereocenters. The second-order valence-corrected chi connectivity index (χ2v) is 27.6. The highest BCUT2D eigenvalue weighted by atomic mass is 16.7. The number of fused-ring (bicyclic) bond motifs is 7. The van der Waals surface area contributed by atoms with Crippen LogP contribution in [0, 0.1) is 0 Å². The van der Waals surface area contributed by atoms with Gasteiger partial charge in [-0.05, 0) is 224 Å². The number of rotatable bonds is 9. The number of hydrogen-bond donors (Lipinski definition) is 3. The molecule has 12 nitrogen and oxygen atoms in total. The molecule has 0 amide bonds. The second kappa shape index (κ2) is 38.6. The molecular formula is C88H114N8O4. The van der Waals surface area contributed by atoms with Crippen molar-refractivity contribution >= 4 is 54.8 Å². The number of hydrogen-bond acceptors (Lipinski definition) is 8. The number of aromatic amines is 3. The fraction of sp³-hybridized carbons (Fsp3) is 0.364. The molecule has 0 saturated heterocycles. The van der Waals surface area contributed by atoms with E-state index in [-0.39, 0.29) is 14.9 Å². The van der Waals surface area contributed by atoms with Crippen LogP contribution in [0.5, 0.6) is 23.0 Å². The minimum atomic E-state index is 0. The van der Waals surface area contributed by atoms with Crippen molar-refractivity contribution in [3.63, 3.8) is 0 Å². The third-order valence-electron chi connectivity index (χ3n) is 17.5. The van der Waals surface area contributed by atoms with E-state index >= 15 is 0 Å². The van der Waals surface area contributed by atoms with Crippen molar-refractivity contribution < 1.29 is 18.9 Å². The summed E-state index contributed by atoms with van der Waals surface area (Å²) < 4.78 is 23.6. The summed E-state index contributed by atoms with van der Waals surface area (Å²) in [5, 5.41) is 3.94. The molecule has 12 heteroatoms. The average Bonchev–Trinajstić information content (AvgIpc) is 1.48. The first-order chi connectivity index (χ1) is 47.0. The molecule has 530 valence electrons. The standard InChI is InChI=1S/C12H15N.C11H12N2.2C11H13N.C11H14O2.C10H12N2.C10H15N.C10H12O2.2CH4/c1-9(2)10-4-5-12-11(8-10)6-7-13(12)3;1-8(2)9-3-4-10-11(7-9)13-6-5-12-10;1-8(2)9-3-4-11-10(7-9)5-6-12-11;1-8(2)10-4-3-9-5-6-12-11(9)7-10;1-8(2)9-3-4-10-11(7-9)13-6-5-12-10;1-7(2)8-3-4-9-10(5-8)12-6-11-9;1-4-9-5-6-11-10(7-9)8(2)3;1-7(2)8-3-4-9-10(5-8)12-6-11-9;;/h4-9H,1-3H3;3-8H,1-2H3;2*3-8,12H,1-2H3;3-4,7-8H,5-6H2,1-2H3;3-7H,1-2H3,(H,11,12);5-8H,4H2,1-3H3;3-5,7H,6H2,1-2H3;2*1H4. The zero-order valence-electron chi connectivity index (χ0n) is 61.4. The van der Waals surface area contributed by atoms with Crippen LogP contribution in [-0.2, 0) is 13.5 Å². The van der Waals surface area contributed by atoms with Gasteiger partial charge in [0.05, 0.1) is 28.4 Å². The first-order valence-electron chi connectivity index (χ1n) is 35.1. The number of ether oxygens (including phenoxy) is 4. The van der Waals surface area contributed by atoms with Crippen LogP contribution in [0.1, 0.15) is 230 Å². The molecule has 0 saturated carbocycles. The Labute approximate surface area is 597 Å². The highest BCUT2D eigenvalue weighted by molar-refractivity contribution is 5.82. The monoisotopic (exact) mass is 1350 g/mol. The van der Waals surface area contributed by atoms with E-state index < -0.39 is 0 Å². The fourth-order valence-electron chi connectivity index (χ4n) is 10.9. The number of H-pyrrole nitrogens is 3. The number of aryl methyl sites for hydroxylation is 2. The topological polar surface area (TPSA) is 141 Å². The van der Waals surface area contributed by atoms with Crippen molar-refractivity contribution in [2.24, 2.45) is 7.05 Å². The zero-order valence-corrected chi connectivity index (χ0v) is 61.4. The van der Waals surface area contributed by atoms with Gasteiger partial charge in [0.25, 0.3) is 0 Å². The predicted molar refractivity (Wildman–Crippen MR) is 425 cm³/mol. The summed E-state index contributed by atoms with van der Waals surface area (Å²) in [6.45, 7) is 38.9. The maximum Gasteiger partial charge on any atom is 0.231 e. The van der Waals surface area contributed by atoms with Gasteiger partial charge in [0.2, 0.25) is 6.79 Å². The van der Waals surface area contributed by atoms with Crippen molar-refractivity contribution in [1.82, 2.24) is 39.5 Å². The van der Waals surface area contributed by atoms with E-state index in [9.17, 15) is 0 Å². The summed E-state index contributed by atoms with van der Waals surface area (Å²) >= 11 is 0. The van der Waals surface area contributed by atoms with Gasteiger partial charge in [0.1, 0.15) is 13.2 Å².